The van der Waals surface area contributed by atoms with E-state index in [0.717, 1.165) is 55.2 Å². The van der Waals surface area contributed by atoms with E-state index in [-0.39, 0.29) is 35.8 Å². The van der Waals surface area contributed by atoms with Crippen molar-refractivity contribution < 1.29 is 18.7 Å². The number of benzene rings is 1. The van der Waals surface area contributed by atoms with Gasteiger partial charge in [0.05, 0.1) is 6.20 Å². The molecule has 2 atom stereocenters. The minimum absolute atomic E-state index is 0.0905. The first-order valence-electron chi connectivity index (χ1n) is 11.9. The molecule has 4 rings (SSSR count). The Hall–Kier alpha value is -2.35. The van der Waals surface area contributed by atoms with Crippen LogP contribution in [-0.2, 0) is 22.5 Å². The molecular formula is C26H31ClFN3O3. The minimum Gasteiger partial charge on any atom is -0.368 e. The van der Waals surface area contributed by atoms with Gasteiger partial charge < -0.3 is 9.64 Å². The molecule has 34 heavy (non-hydrogen) atoms. The molecule has 0 spiro atoms. The largest absolute Gasteiger partial charge is 0.368 e. The van der Waals surface area contributed by atoms with Crippen LogP contribution in [0.25, 0.3) is 0 Å². The third-order valence-corrected chi connectivity index (χ3v) is 7.03. The second-order valence-corrected chi connectivity index (χ2v) is 9.75. The molecule has 3 heterocycles. The number of hydrogen-bond donors (Lipinski definition) is 0. The summed E-state index contributed by atoms with van der Waals surface area (Å²) < 4.78 is 19.2. The van der Waals surface area contributed by atoms with Crippen molar-refractivity contribution in [3.63, 3.8) is 0 Å². The molecule has 0 unspecified atom stereocenters. The Kier molecular flexibility index (Phi) is 7.96. The Morgan fingerprint density at radius 1 is 1.18 bits per heavy atom. The molecule has 2 aliphatic heterocycles. The average molecular weight is 488 g/mol. The Morgan fingerprint density at radius 3 is 2.68 bits per heavy atom. The lowest BCUT2D eigenvalue weighted by molar-refractivity contribution is -0.151. The Morgan fingerprint density at radius 2 is 1.97 bits per heavy atom. The van der Waals surface area contributed by atoms with Gasteiger partial charge in [-0.3, -0.25) is 19.5 Å². The van der Waals surface area contributed by atoms with E-state index >= 15 is 0 Å². The van der Waals surface area contributed by atoms with Crippen LogP contribution in [-0.4, -0.2) is 64.9 Å². The Bertz CT molecular complexity index is 1060. The maximum Gasteiger partial charge on any atom is 0.252 e. The zero-order chi connectivity index (χ0) is 24.2. The SMILES string of the molecule is Cc1c(CC(=O)c2cncc(F)c2)cc(Cl)cc1CN1CCN(C(=O)[C@H]2CCCCO2)[C@@H](C)C1. The summed E-state index contributed by atoms with van der Waals surface area (Å²) in [6.45, 7) is 7.60. The fourth-order valence-corrected chi connectivity index (χ4v) is 5.11. The van der Waals surface area contributed by atoms with Crippen LogP contribution < -0.4 is 0 Å². The van der Waals surface area contributed by atoms with Crippen molar-refractivity contribution in [3.05, 3.63) is 63.7 Å². The van der Waals surface area contributed by atoms with Gasteiger partial charge in [-0.2, -0.15) is 0 Å². The fourth-order valence-electron chi connectivity index (χ4n) is 4.85. The highest BCUT2D eigenvalue weighted by atomic mass is 35.5. The summed E-state index contributed by atoms with van der Waals surface area (Å²) in [5.41, 5.74) is 3.13. The van der Waals surface area contributed by atoms with Crippen LogP contribution in [0.15, 0.2) is 30.6 Å². The summed E-state index contributed by atoms with van der Waals surface area (Å²) >= 11 is 6.40. The number of hydrogen-bond acceptors (Lipinski definition) is 5. The molecule has 1 aromatic carbocycles. The van der Waals surface area contributed by atoms with E-state index in [1.807, 2.05) is 17.9 Å². The number of nitrogens with zero attached hydrogens (tertiary/aromatic N) is 3. The summed E-state index contributed by atoms with van der Waals surface area (Å²) in [4.78, 5) is 33.7. The van der Waals surface area contributed by atoms with Crippen LogP contribution in [0.1, 0.15) is 53.2 Å². The van der Waals surface area contributed by atoms with Crippen LogP contribution in [0.2, 0.25) is 5.02 Å². The fraction of sp³-hybridized carbons (Fsp3) is 0.500. The van der Waals surface area contributed by atoms with E-state index in [1.165, 1.54) is 12.3 Å². The predicted molar refractivity (Wildman–Crippen MR) is 128 cm³/mol. The van der Waals surface area contributed by atoms with Crippen LogP contribution in [0, 0.1) is 12.7 Å². The Labute approximate surface area is 205 Å². The molecule has 1 aromatic heterocycles. The van der Waals surface area contributed by atoms with Crippen LogP contribution in [0.3, 0.4) is 0 Å². The summed E-state index contributed by atoms with van der Waals surface area (Å²) in [5.74, 6) is -0.622. The molecule has 2 aromatic rings. The molecule has 2 saturated heterocycles. The van der Waals surface area contributed by atoms with Gasteiger partial charge in [0.1, 0.15) is 11.9 Å². The standard InChI is InChI=1S/C26H31ClFN3O3/c1-17-15-30(6-7-31(17)26(33)25-5-3-4-8-34-25)16-21-10-22(27)9-19(18(21)2)12-24(32)20-11-23(28)14-29-13-20/h9-11,13-14,17,25H,3-8,12,15-16H2,1-2H3/t17-,25+/m0/s1. The van der Waals surface area contributed by atoms with E-state index < -0.39 is 5.82 Å². The lowest BCUT2D eigenvalue weighted by Gasteiger charge is -2.41. The number of ether oxygens (including phenoxy) is 1. The highest BCUT2D eigenvalue weighted by Crippen LogP contribution is 2.25. The number of piperazine rings is 1. The number of pyridine rings is 1. The maximum atomic E-state index is 13.5. The predicted octanol–water partition coefficient (Wildman–Crippen LogP) is 4.21. The molecule has 8 heteroatoms. The lowest BCUT2D eigenvalue weighted by Crippen LogP contribution is -2.56. The quantitative estimate of drug-likeness (QED) is 0.571. The number of Topliss-reactive ketones (excluding diaryl/α,β-unsaturated/α-hetero) is 1. The third-order valence-electron chi connectivity index (χ3n) is 6.81. The minimum atomic E-state index is -0.531. The van der Waals surface area contributed by atoms with Gasteiger partial charge in [-0.25, -0.2) is 4.39 Å². The molecule has 182 valence electrons. The number of rotatable bonds is 6. The molecule has 0 aliphatic carbocycles. The molecule has 1 amide bonds. The topological polar surface area (TPSA) is 62.7 Å². The summed E-state index contributed by atoms with van der Waals surface area (Å²) in [7, 11) is 0. The number of amides is 1. The molecule has 2 fully saturated rings. The van der Waals surface area contributed by atoms with Gasteiger partial charge in [-0.1, -0.05) is 11.6 Å². The van der Waals surface area contributed by atoms with E-state index in [9.17, 15) is 14.0 Å². The first-order valence-corrected chi connectivity index (χ1v) is 12.3. The van der Waals surface area contributed by atoms with E-state index in [0.29, 0.717) is 24.7 Å². The number of halogens is 2. The van der Waals surface area contributed by atoms with E-state index in [2.05, 4.69) is 16.8 Å². The average Bonchev–Trinajstić information content (AvgIpc) is 2.82. The van der Waals surface area contributed by atoms with Crippen molar-refractivity contribution in [2.45, 2.75) is 58.2 Å². The summed E-state index contributed by atoms with van der Waals surface area (Å²) in [6.07, 6.45) is 5.16. The molecule has 6 nitrogen and oxygen atoms in total. The molecule has 0 radical (unpaired) electrons. The maximum absolute atomic E-state index is 13.5. The molecule has 0 saturated carbocycles. The van der Waals surface area contributed by atoms with Crippen molar-refractivity contribution in [1.82, 2.24) is 14.8 Å². The van der Waals surface area contributed by atoms with Crippen LogP contribution in [0.5, 0.6) is 0 Å². The first-order chi connectivity index (χ1) is 16.3. The van der Waals surface area contributed by atoms with Crippen molar-refractivity contribution in [2.75, 3.05) is 26.2 Å². The van der Waals surface area contributed by atoms with Crippen LogP contribution >= 0.6 is 11.6 Å². The van der Waals surface area contributed by atoms with Crippen molar-refractivity contribution in [2.24, 2.45) is 0 Å². The monoisotopic (exact) mass is 487 g/mol. The van der Waals surface area contributed by atoms with Crippen molar-refractivity contribution >= 4 is 23.3 Å². The van der Waals surface area contributed by atoms with Crippen LogP contribution in [0.4, 0.5) is 4.39 Å². The van der Waals surface area contributed by atoms with Gasteiger partial charge in [0, 0.05) is 62.0 Å². The number of ketones is 1. The third kappa shape index (κ3) is 5.82. The van der Waals surface area contributed by atoms with Crippen molar-refractivity contribution in [3.8, 4) is 0 Å². The number of carbonyl (C=O) groups excluding carboxylic acids is 2. The van der Waals surface area contributed by atoms with E-state index in [4.69, 9.17) is 16.3 Å². The smallest absolute Gasteiger partial charge is 0.252 e. The zero-order valence-corrected chi connectivity index (χ0v) is 20.5. The van der Waals surface area contributed by atoms with Gasteiger partial charge in [0.15, 0.2) is 5.78 Å². The highest BCUT2D eigenvalue weighted by Gasteiger charge is 2.33. The molecule has 0 bridgehead atoms. The zero-order valence-electron chi connectivity index (χ0n) is 19.7. The molecule has 0 N–H and O–H groups in total. The second-order valence-electron chi connectivity index (χ2n) is 9.31. The Balaban J connectivity index is 1.41. The lowest BCUT2D eigenvalue weighted by atomic mass is 9.96. The van der Waals surface area contributed by atoms with Gasteiger partial charge in [-0.05, 0) is 68.0 Å². The molecule has 2 aliphatic rings. The highest BCUT2D eigenvalue weighted by molar-refractivity contribution is 6.30. The first kappa shape index (κ1) is 24.8. The summed E-state index contributed by atoms with van der Waals surface area (Å²) in [5, 5.41) is 0.567. The number of aromatic nitrogens is 1. The second kappa shape index (κ2) is 10.9. The van der Waals surface area contributed by atoms with Gasteiger partial charge in [0.25, 0.3) is 5.91 Å². The van der Waals surface area contributed by atoms with Gasteiger partial charge in [0.2, 0.25) is 0 Å². The molecular weight excluding hydrogens is 457 g/mol. The summed E-state index contributed by atoms with van der Waals surface area (Å²) in [6, 6.07) is 5.03. The normalized spacial score (nSPS) is 21.5. The number of carbonyl (C=O) groups is 2. The van der Waals surface area contributed by atoms with Gasteiger partial charge in [-0.15, -0.1) is 0 Å². The van der Waals surface area contributed by atoms with Crippen molar-refractivity contribution in [1.29, 1.82) is 0 Å². The van der Waals surface area contributed by atoms with Gasteiger partial charge >= 0.3 is 0 Å². The van der Waals surface area contributed by atoms with E-state index in [1.54, 1.807) is 6.07 Å².